The molecule has 2 unspecified atom stereocenters. The highest BCUT2D eigenvalue weighted by molar-refractivity contribution is 7.87. The fraction of sp³-hybridized carbons (Fsp3) is 0.900. The summed E-state index contributed by atoms with van der Waals surface area (Å²) in [5, 5.41) is -1.92. The zero-order chi connectivity index (χ0) is 20.5. The number of ether oxygens (including phenoxy) is 2. The first kappa shape index (κ1) is 21.6. The zero-order valence-electron chi connectivity index (χ0n) is 16.8. The molecule has 4 aliphatic rings. The lowest BCUT2D eigenvalue weighted by Crippen LogP contribution is -2.54. The molecule has 4 aliphatic carbocycles. The third-order valence-corrected chi connectivity index (χ3v) is 7.66. The molecule has 4 bridgehead atoms. The van der Waals surface area contributed by atoms with Crippen molar-refractivity contribution in [1.82, 2.24) is 0 Å². The molecule has 0 amide bonds. The van der Waals surface area contributed by atoms with Crippen LogP contribution in [0.2, 0.25) is 0 Å². The Morgan fingerprint density at radius 2 is 1.64 bits per heavy atom. The van der Waals surface area contributed by atoms with Crippen molar-refractivity contribution in [3.8, 4) is 0 Å². The van der Waals surface area contributed by atoms with Gasteiger partial charge < -0.3 is 9.47 Å². The Morgan fingerprint density at radius 3 is 2.11 bits per heavy atom. The fourth-order valence-corrected chi connectivity index (χ4v) is 6.41. The predicted molar refractivity (Wildman–Crippen MR) is 102 cm³/mol. The third kappa shape index (κ3) is 5.06. The largest absolute Gasteiger partial charge is 0.465 e. The van der Waals surface area contributed by atoms with Gasteiger partial charge in [0.1, 0.15) is 5.60 Å². The lowest BCUT2D eigenvalue weighted by atomic mass is 9.54. The van der Waals surface area contributed by atoms with Crippen LogP contribution in [0.4, 0.5) is 0 Å². The van der Waals surface area contributed by atoms with E-state index in [1.54, 1.807) is 0 Å². The highest BCUT2D eigenvalue weighted by atomic mass is 32.2. The maximum absolute atomic E-state index is 12.7. The summed E-state index contributed by atoms with van der Waals surface area (Å²) in [6.07, 6.45) is 6.82. The lowest BCUT2D eigenvalue weighted by Gasteiger charge is -2.55. The van der Waals surface area contributed by atoms with Crippen LogP contribution in [0.15, 0.2) is 0 Å². The van der Waals surface area contributed by atoms with Crippen LogP contribution in [0.1, 0.15) is 71.6 Å². The van der Waals surface area contributed by atoms with E-state index in [4.69, 9.17) is 9.47 Å². The molecule has 8 heteroatoms. The average molecular weight is 417 g/mol. The minimum absolute atomic E-state index is 0.150. The molecule has 0 saturated heterocycles. The predicted octanol–water partition coefficient (Wildman–Crippen LogP) is 3.12. The van der Waals surface area contributed by atoms with Crippen LogP contribution in [0.5, 0.6) is 0 Å². The van der Waals surface area contributed by atoms with Gasteiger partial charge in [-0.05, 0) is 68.6 Å². The summed E-state index contributed by atoms with van der Waals surface area (Å²) < 4.78 is 43.9. The van der Waals surface area contributed by atoms with Crippen molar-refractivity contribution in [3.05, 3.63) is 0 Å². The van der Waals surface area contributed by atoms with Crippen LogP contribution in [0, 0.1) is 23.7 Å². The minimum atomic E-state index is -4.77. The molecule has 0 aliphatic heterocycles. The average Bonchev–Trinajstić information content (AvgIpc) is 2.55. The van der Waals surface area contributed by atoms with Crippen molar-refractivity contribution >= 4 is 22.1 Å². The van der Waals surface area contributed by atoms with Crippen LogP contribution < -0.4 is 0 Å². The van der Waals surface area contributed by atoms with E-state index in [0.717, 1.165) is 51.4 Å². The molecule has 4 rings (SSSR count). The molecule has 0 aromatic rings. The number of carbonyl (C=O) groups excluding carboxylic acids is 2. The Morgan fingerprint density at radius 1 is 1.11 bits per heavy atom. The quantitative estimate of drug-likeness (QED) is 0.454. The Hall–Kier alpha value is -1.15. The first-order valence-electron chi connectivity index (χ1n) is 10.4. The number of esters is 2. The van der Waals surface area contributed by atoms with Crippen molar-refractivity contribution in [2.45, 2.75) is 82.5 Å². The van der Waals surface area contributed by atoms with Gasteiger partial charge in [0.2, 0.25) is 0 Å². The Balaban J connectivity index is 1.62. The second kappa shape index (κ2) is 8.30. The van der Waals surface area contributed by atoms with E-state index in [0.29, 0.717) is 17.8 Å². The zero-order valence-corrected chi connectivity index (χ0v) is 17.6. The molecular formula is C20H32O7S. The van der Waals surface area contributed by atoms with Crippen molar-refractivity contribution in [2.24, 2.45) is 23.7 Å². The highest BCUT2D eigenvalue weighted by Crippen LogP contribution is 2.57. The number of hydrogen-bond acceptors (Lipinski definition) is 6. The van der Waals surface area contributed by atoms with Gasteiger partial charge in [0.25, 0.3) is 10.1 Å². The standard InChI is InChI=1S/C20H32O7S/c1-3-4-13(2)12-26-18(21)8-17(28(23,24)25)19(22)27-20-9-14-5-15(10-20)7-16(6-14)11-20/h13-17H,3-12H2,1-2H3,(H,23,24,25). The van der Waals surface area contributed by atoms with Crippen molar-refractivity contribution in [1.29, 1.82) is 0 Å². The molecule has 4 saturated carbocycles. The molecule has 0 radical (unpaired) electrons. The Bertz CT molecular complexity index is 664. The molecule has 4 fully saturated rings. The second-order valence-electron chi connectivity index (χ2n) is 9.31. The van der Waals surface area contributed by atoms with E-state index >= 15 is 0 Å². The molecule has 2 atom stereocenters. The van der Waals surface area contributed by atoms with Crippen molar-refractivity contribution < 1.29 is 32.0 Å². The van der Waals surface area contributed by atoms with Gasteiger partial charge in [0, 0.05) is 0 Å². The molecule has 1 N–H and O–H groups in total. The molecule has 0 spiro atoms. The summed E-state index contributed by atoms with van der Waals surface area (Å²) in [5.41, 5.74) is -0.631. The van der Waals surface area contributed by atoms with Gasteiger partial charge in [0.05, 0.1) is 13.0 Å². The summed E-state index contributed by atoms with van der Waals surface area (Å²) in [6, 6.07) is 0. The molecule has 0 aromatic heterocycles. The van der Waals surface area contributed by atoms with Gasteiger partial charge in [-0.15, -0.1) is 0 Å². The first-order chi connectivity index (χ1) is 13.1. The van der Waals surface area contributed by atoms with Crippen molar-refractivity contribution in [2.75, 3.05) is 6.61 Å². The van der Waals surface area contributed by atoms with Gasteiger partial charge in [-0.1, -0.05) is 20.3 Å². The van der Waals surface area contributed by atoms with E-state index < -0.39 is 39.3 Å². The summed E-state index contributed by atoms with van der Waals surface area (Å²) in [5.74, 6) is -0.122. The molecule has 0 heterocycles. The van der Waals surface area contributed by atoms with Crippen LogP contribution in [-0.4, -0.2) is 42.4 Å². The van der Waals surface area contributed by atoms with Gasteiger partial charge in [-0.3, -0.25) is 14.1 Å². The maximum atomic E-state index is 12.7. The molecule has 28 heavy (non-hydrogen) atoms. The van der Waals surface area contributed by atoms with Gasteiger partial charge in [-0.25, -0.2) is 0 Å². The third-order valence-electron chi connectivity index (χ3n) is 6.58. The molecule has 160 valence electrons. The maximum Gasteiger partial charge on any atom is 0.328 e. The summed E-state index contributed by atoms with van der Waals surface area (Å²) >= 11 is 0. The topological polar surface area (TPSA) is 107 Å². The van der Waals surface area contributed by atoms with Crippen molar-refractivity contribution in [3.63, 3.8) is 0 Å². The summed E-state index contributed by atoms with van der Waals surface area (Å²) in [6.45, 7) is 4.11. The number of carbonyl (C=O) groups is 2. The normalized spacial score (nSPS) is 33.3. The first-order valence-corrected chi connectivity index (χ1v) is 12.0. The second-order valence-corrected chi connectivity index (χ2v) is 10.9. The van der Waals surface area contributed by atoms with E-state index in [9.17, 15) is 22.6 Å². The smallest absolute Gasteiger partial charge is 0.328 e. The van der Waals surface area contributed by atoms with Gasteiger partial charge in [0.15, 0.2) is 5.25 Å². The Kier molecular flexibility index (Phi) is 6.39. The van der Waals surface area contributed by atoms with Crippen LogP contribution >= 0.6 is 0 Å². The van der Waals surface area contributed by atoms with Gasteiger partial charge in [-0.2, -0.15) is 8.42 Å². The van der Waals surface area contributed by atoms with E-state index in [1.165, 1.54) is 0 Å². The SMILES string of the molecule is CCCC(C)COC(=O)CC(C(=O)OC12CC3CC(CC(C3)C1)C2)S(=O)(=O)O. The number of rotatable bonds is 9. The van der Waals surface area contributed by atoms with E-state index in [2.05, 4.69) is 0 Å². The monoisotopic (exact) mass is 416 g/mol. The minimum Gasteiger partial charge on any atom is -0.465 e. The summed E-state index contributed by atoms with van der Waals surface area (Å²) in [4.78, 5) is 24.8. The molecular weight excluding hydrogens is 384 g/mol. The Labute approximate surface area is 167 Å². The number of hydrogen-bond donors (Lipinski definition) is 1. The van der Waals surface area contributed by atoms with Gasteiger partial charge >= 0.3 is 11.9 Å². The fourth-order valence-electron chi connectivity index (χ4n) is 5.77. The van der Waals surface area contributed by atoms with E-state index in [1.807, 2.05) is 13.8 Å². The van der Waals surface area contributed by atoms with Crippen LogP contribution in [-0.2, 0) is 29.2 Å². The lowest BCUT2D eigenvalue weighted by molar-refractivity contribution is -0.187. The highest BCUT2D eigenvalue weighted by Gasteiger charge is 2.54. The van der Waals surface area contributed by atoms with Crippen LogP contribution in [0.25, 0.3) is 0 Å². The molecule has 7 nitrogen and oxygen atoms in total. The summed E-state index contributed by atoms with van der Waals surface area (Å²) in [7, 11) is -4.77. The van der Waals surface area contributed by atoms with Crippen LogP contribution in [0.3, 0.4) is 0 Å². The molecule has 0 aromatic carbocycles. The van der Waals surface area contributed by atoms with E-state index in [-0.39, 0.29) is 12.5 Å².